The molecule has 0 saturated carbocycles. The predicted molar refractivity (Wildman–Crippen MR) is 155 cm³/mol. The van der Waals surface area contributed by atoms with Crippen molar-refractivity contribution in [2.24, 2.45) is 5.10 Å². The number of aromatic amines is 1. The molecular weight excluding hydrogens is 559 g/mol. The third kappa shape index (κ3) is 5.84. The molecule has 0 atom stereocenters. The average Bonchev–Trinajstić information content (AvgIpc) is 3.69. The number of amides is 2. The first-order chi connectivity index (χ1) is 18.7. The molecule has 2 amide bonds. The number of nitrogens with one attached hydrogen (secondary N) is 2. The zero-order chi connectivity index (χ0) is 27.7. The number of rotatable bonds is 6. The molecule has 2 aliphatic rings. The maximum atomic E-state index is 13.1. The summed E-state index contributed by atoms with van der Waals surface area (Å²) in [7, 11) is 0. The second-order valence-corrected chi connectivity index (χ2v) is 11.8. The van der Waals surface area contributed by atoms with E-state index in [2.05, 4.69) is 20.5 Å². The Morgan fingerprint density at radius 3 is 2.41 bits per heavy atom. The number of benzene rings is 1. The number of halogens is 2. The number of piperidine rings is 1. The number of H-pyrrole nitrogens is 1. The van der Waals surface area contributed by atoms with E-state index in [1.54, 1.807) is 44.2 Å². The second kappa shape index (κ2) is 11.7. The summed E-state index contributed by atoms with van der Waals surface area (Å²) in [6, 6.07) is 8.77. The number of likely N-dealkylation sites (tertiary alicyclic amines) is 2. The Balaban J connectivity index is 1.22. The van der Waals surface area contributed by atoms with Gasteiger partial charge in [0, 0.05) is 24.8 Å². The van der Waals surface area contributed by atoms with Gasteiger partial charge in [0.05, 0.1) is 36.8 Å². The number of aromatic nitrogens is 2. The van der Waals surface area contributed by atoms with Crippen LogP contribution in [0.15, 0.2) is 40.2 Å². The fraction of sp³-hybridized carbons (Fsp3) is 0.407. The van der Waals surface area contributed by atoms with Gasteiger partial charge >= 0.3 is 0 Å². The minimum absolute atomic E-state index is 0.0376. The van der Waals surface area contributed by atoms with Crippen molar-refractivity contribution < 1.29 is 9.59 Å². The van der Waals surface area contributed by atoms with Crippen molar-refractivity contribution in [3.8, 4) is 5.69 Å². The third-order valence-corrected chi connectivity index (χ3v) is 9.18. The lowest BCUT2D eigenvalue weighted by atomic mass is 10.0. The van der Waals surface area contributed by atoms with Crippen LogP contribution in [-0.2, 0) is 0 Å². The van der Waals surface area contributed by atoms with Gasteiger partial charge in [-0.1, -0.05) is 23.2 Å². The molecule has 0 spiro atoms. The molecule has 0 aliphatic carbocycles. The van der Waals surface area contributed by atoms with Crippen LogP contribution in [0.5, 0.6) is 0 Å². The molecule has 2 aliphatic heterocycles. The van der Waals surface area contributed by atoms with Gasteiger partial charge in [0.2, 0.25) is 0 Å². The number of nitrogens with zero attached hydrogens (tertiary/aromatic N) is 4. The van der Waals surface area contributed by atoms with Crippen LogP contribution in [0.25, 0.3) is 5.69 Å². The highest BCUT2D eigenvalue weighted by atomic mass is 35.5. The molecule has 5 rings (SSSR count). The lowest BCUT2D eigenvalue weighted by Gasteiger charge is -2.36. The van der Waals surface area contributed by atoms with Crippen molar-refractivity contribution in [2.45, 2.75) is 45.6 Å². The van der Waals surface area contributed by atoms with Crippen LogP contribution in [0.2, 0.25) is 10.0 Å². The van der Waals surface area contributed by atoms with Gasteiger partial charge in [0.1, 0.15) is 0 Å². The van der Waals surface area contributed by atoms with Gasteiger partial charge in [-0.2, -0.15) is 5.10 Å². The number of carbonyl (C=O) groups is 2. The quantitative estimate of drug-likeness (QED) is 0.322. The topological polar surface area (TPSA) is 103 Å². The van der Waals surface area contributed by atoms with E-state index in [0.29, 0.717) is 48.5 Å². The highest BCUT2D eigenvalue weighted by Gasteiger charge is 2.29. The van der Waals surface area contributed by atoms with Crippen molar-refractivity contribution in [3.63, 3.8) is 0 Å². The van der Waals surface area contributed by atoms with Crippen LogP contribution < -0.4 is 11.0 Å². The van der Waals surface area contributed by atoms with Crippen LogP contribution in [0, 0.1) is 6.92 Å². The van der Waals surface area contributed by atoms with E-state index in [9.17, 15) is 14.4 Å². The summed E-state index contributed by atoms with van der Waals surface area (Å²) in [6.45, 7) is 7.20. The lowest BCUT2D eigenvalue weighted by molar-refractivity contribution is 0.0649. The van der Waals surface area contributed by atoms with E-state index in [1.165, 1.54) is 30.6 Å². The zero-order valence-corrected chi connectivity index (χ0v) is 24.1. The van der Waals surface area contributed by atoms with Gasteiger partial charge in [-0.15, -0.1) is 11.3 Å². The van der Waals surface area contributed by atoms with Crippen molar-refractivity contribution >= 4 is 52.1 Å². The van der Waals surface area contributed by atoms with Gasteiger partial charge in [-0.05, 0) is 83.0 Å². The molecule has 2 saturated heterocycles. The highest BCUT2D eigenvalue weighted by molar-refractivity contribution is 7.15. The Hall–Kier alpha value is -2.92. The third-order valence-electron chi connectivity index (χ3n) is 7.37. The first kappa shape index (κ1) is 27.6. The number of carbonyl (C=O) groups excluding carboxylic acids is 2. The van der Waals surface area contributed by atoms with E-state index in [1.807, 2.05) is 4.90 Å². The minimum atomic E-state index is -0.441. The summed E-state index contributed by atoms with van der Waals surface area (Å²) >= 11 is 13.2. The van der Waals surface area contributed by atoms with E-state index in [-0.39, 0.29) is 11.5 Å². The molecule has 0 bridgehead atoms. The zero-order valence-electron chi connectivity index (χ0n) is 21.8. The molecule has 2 fully saturated rings. The maximum Gasteiger partial charge on any atom is 0.281 e. The number of hydrogen-bond acceptors (Lipinski definition) is 6. The smallest absolute Gasteiger partial charge is 0.281 e. The Bertz CT molecular complexity index is 1480. The SMILES string of the molecule is CC(=NNC(=O)c1ccc(C(=O)N2CCC(N3CCCC3)CC2)s1)c1c(C)[nH]n(-c2ccc(Cl)c(Cl)c2)c1=O. The first-order valence-corrected chi connectivity index (χ1v) is 14.6. The normalized spacial score (nSPS) is 17.1. The summed E-state index contributed by atoms with van der Waals surface area (Å²) in [6.07, 6.45) is 4.52. The van der Waals surface area contributed by atoms with Crippen LogP contribution >= 0.6 is 34.5 Å². The van der Waals surface area contributed by atoms with Crippen LogP contribution in [0.1, 0.15) is 63.2 Å². The number of hydrogen-bond donors (Lipinski definition) is 2. The Labute approximate surface area is 240 Å². The molecule has 0 unspecified atom stereocenters. The average molecular weight is 590 g/mol. The molecule has 0 radical (unpaired) electrons. The second-order valence-electron chi connectivity index (χ2n) is 9.92. The van der Waals surface area contributed by atoms with Crippen LogP contribution in [0.3, 0.4) is 0 Å². The van der Waals surface area contributed by atoms with Crippen molar-refractivity contribution in [1.82, 2.24) is 25.0 Å². The monoisotopic (exact) mass is 588 g/mol. The molecule has 39 heavy (non-hydrogen) atoms. The van der Waals surface area contributed by atoms with Crippen LogP contribution in [0.4, 0.5) is 0 Å². The molecule has 3 aromatic rings. The van der Waals surface area contributed by atoms with Crippen molar-refractivity contribution in [1.29, 1.82) is 0 Å². The predicted octanol–water partition coefficient (Wildman–Crippen LogP) is 4.70. The summed E-state index contributed by atoms with van der Waals surface area (Å²) in [4.78, 5) is 44.3. The molecule has 12 heteroatoms. The van der Waals surface area contributed by atoms with E-state index in [0.717, 1.165) is 37.3 Å². The number of hydrazone groups is 1. The first-order valence-electron chi connectivity index (χ1n) is 13.0. The molecule has 206 valence electrons. The van der Waals surface area contributed by atoms with Gasteiger partial charge in [-0.3, -0.25) is 19.5 Å². The largest absolute Gasteiger partial charge is 0.338 e. The summed E-state index contributed by atoms with van der Waals surface area (Å²) in [5.41, 5.74) is 3.96. The molecule has 1 aromatic carbocycles. The Morgan fingerprint density at radius 2 is 1.72 bits per heavy atom. The molecule has 4 heterocycles. The van der Waals surface area contributed by atoms with E-state index in [4.69, 9.17) is 23.2 Å². The highest BCUT2D eigenvalue weighted by Crippen LogP contribution is 2.25. The summed E-state index contributed by atoms with van der Waals surface area (Å²) in [5, 5.41) is 7.89. The maximum absolute atomic E-state index is 13.1. The van der Waals surface area contributed by atoms with Crippen molar-refractivity contribution in [2.75, 3.05) is 26.2 Å². The van der Waals surface area contributed by atoms with Gasteiger partial charge < -0.3 is 9.80 Å². The van der Waals surface area contributed by atoms with Crippen molar-refractivity contribution in [3.05, 3.63) is 71.7 Å². The number of thiophene rings is 1. The van der Waals surface area contributed by atoms with Crippen LogP contribution in [-0.4, -0.2) is 69.3 Å². The minimum Gasteiger partial charge on any atom is -0.338 e. The molecule has 2 aromatic heterocycles. The van der Waals surface area contributed by atoms with Gasteiger partial charge in [0.25, 0.3) is 17.4 Å². The van der Waals surface area contributed by atoms with E-state index < -0.39 is 5.91 Å². The standard InChI is InChI=1S/C27H30Cl2N6O3S/c1-16(24-17(2)32-35(27(24)38)19-5-6-20(28)21(29)15-19)30-31-25(36)22-7-8-23(39-22)26(37)34-13-9-18(10-14-34)33-11-3-4-12-33/h5-8,15,18,32H,3-4,9-14H2,1-2H3,(H,31,36). The fourth-order valence-corrected chi connectivity index (χ4v) is 6.45. The Kier molecular flexibility index (Phi) is 8.27. The molecular formula is C27H30Cl2N6O3S. The summed E-state index contributed by atoms with van der Waals surface area (Å²) in [5.74, 6) is -0.478. The molecule has 9 nitrogen and oxygen atoms in total. The molecule has 2 N–H and O–H groups in total. The summed E-state index contributed by atoms with van der Waals surface area (Å²) < 4.78 is 1.35. The van der Waals surface area contributed by atoms with E-state index >= 15 is 0 Å². The lowest BCUT2D eigenvalue weighted by Crippen LogP contribution is -2.45. The van der Waals surface area contributed by atoms with Gasteiger partial charge in [0.15, 0.2) is 0 Å². The van der Waals surface area contributed by atoms with Gasteiger partial charge in [-0.25, -0.2) is 10.1 Å². The number of aryl methyl sites for hydroxylation is 1. The fourth-order valence-electron chi connectivity index (χ4n) is 5.30. The Morgan fingerprint density at radius 1 is 1.03 bits per heavy atom.